The van der Waals surface area contributed by atoms with Crippen LogP contribution in [-0.4, -0.2) is 13.1 Å². The Morgan fingerprint density at radius 3 is 2.55 bits per heavy atom. The molecule has 2 N–H and O–H groups in total. The van der Waals surface area contributed by atoms with Gasteiger partial charge in [0.25, 0.3) is 0 Å². The van der Waals surface area contributed by atoms with Gasteiger partial charge >= 0.3 is 6.03 Å². The van der Waals surface area contributed by atoms with Crippen molar-refractivity contribution < 1.29 is 13.9 Å². The minimum Gasteiger partial charge on any atom is -0.494 e. The van der Waals surface area contributed by atoms with Gasteiger partial charge in [0.2, 0.25) is 0 Å². The molecule has 2 aromatic rings. The van der Waals surface area contributed by atoms with E-state index >= 15 is 0 Å². The lowest BCUT2D eigenvalue weighted by atomic mass is 10.1. The number of carbonyl (C=O) groups is 1. The molecule has 0 saturated carbocycles. The Labute approximate surface area is 133 Å². The van der Waals surface area contributed by atoms with Gasteiger partial charge in [-0.15, -0.1) is 0 Å². The van der Waals surface area contributed by atoms with E-state index in [1.54, 1.807) is 12.1 Å². The lowest BCUT2D eigenvalue weighted by Gasteiger charge is -2.16. The summed E-state index contributed by atoms with van der Waals surface area (Å²) in [5, 5.41) is 6.06. The maximum absolute atomic E-state index is 13.1. The summed E-state index contributed by atoms with van der Waals surface area (Å²) in [5.74, 6) is -0.174. The van der Waals surface area contributed by atoms with Gasteiger partial charge < -0.3 is 15.4 Å². The average molecular weight is 323 g/mol. The Bertz CT molecular complexity index is 662. The van der Waals surface area contributed by atoms with E-state index in [1.807, 2.05) is 19.1 Å². The van der Waals surface area contributed by atoms with Crippen LogP contribution in [0.4, 0.5) is 14.9 Å². The van der Waals surface area contributed by atoms with Crippen LogP contribution in [0.1, 0.15) is 18.5 Å². The van der Waals surface area contributed by atoms with E-state index < -0.39 is 11.8 Å². The molecule has 0 radical (unpaired) electrons. The topological polar surface area (TPSA) is 50.4 Å². The van der Waals surface area contributed by atoms with Crippen LogP contribution in [0.25, 0.3) is 0 Å². The number of carbonyl (C=O) groups excluding carboxylic acids is 1. The molecule has 116 valence electrons. The fraction of sp³-hybridized carbons (Fsp3) is 0.188. The third kappa shape index (κ3) is 4.11. The number of hydrogen-bond donors (Lipinski definition) is 2. The monoisotopic (exact) mass is 322 g/mol. The Hall–Kier alpha value is -2.27. The highest BCUT2D eigenvalue weighted by Crippen LogP contribution is 2.25. The Morgan fingerprint density at radius 2 is 1.91 bits per heavy atom. The highest BCUT2D eigenvalue weighted by Gasteiger charge is 2.12. The molecule has 1 atom stereocenters. The summed E-state index contributed by atoms with van der Waals surface area (Å²) >= 11 is 5.83. The van der Waals surface area contributed by atoms with E-state index in [1.165, 1.54) is 25.3 Å². The van der Waals surface area contributed by atoms with Gasteiger partial charge in [-0.05, 0) is 36.8 Å². The van der Waals surface area contributed by atoms with Crippen molar-refractivity contribution in [1.29, 1.82) is 0 Å². The summed E-state index contributed by atoms with van der Waals surface area (Å²) in [6.07, 6.45) is 0. The number of amides is 2. The summed E-state index contributed by atoms with van der Waals surface area (Å²) in [4.78, 5) is 12.0. The second-order valence-electron chi connectivity index (χ2n) is 4.72. The number of ether oxygens (including phenoxy) is 1. The zero-order valence-electron chi connectivity index (χ0n) is 12.2. The largest absolute Gasteiger partial charge is 0.494 e. The number of halogens is 2. The molecule has 0 aromatic heterocycles. The van der Waals surface area contributed by atoms with Crippen molar-refractivity contribution in [3.63, 3.8) is 0 Å². The number of methoxy groups -OCH3 is 1. The van der Waals surface area contributed by atoms with Gasteiger partial charge in [0, 0.05) is 11.1 Å². The van der Waals surface area contributed by atoms with Crippen LogP contribution in [0.3, 0.4) is 0 Å². The molecule has 0 aliphatic rings. The normalized spacial score (nSPS) is 11.6. The van der Waals surface area contributed by atoms with Gasteiger partial charge in [0.1, 0.15) is 11.6 Å². The molecule has 0 heterocycles. The number of hydrogen-bond acceptors (Lipinski definition) is 2. The van der Waals surface area contributed by atoms with E-state index in [0.29, 0.717) is 10.7 Å². The smallest absolute Gasteiger partial charge is 0.319 e. The Kier molecular flexibility index (Phi) is 5.22. The first-order valence-corrected chi connectivity index (χ1v) is 7.04. The van der Waals surface area contributed by atoms with E-state index in [0.717, 1.165) is 5.56 Å². The molecule has 0 fully saturated rings. The van der Waals surface area contributed by atoms with Crippen LogP contribution < -0.4 is 15.4 Å². The molecule has 2 aromatic carbocycles. The number of urea groups is 1. The van der Waals surface area contributed by atoms with E-state index in [2.05, 4.69) is 10.6 Å². The molecular weight excluding hydrogens is 307 g/mol. The first-order chi connectivity index (χ1) is 10.5. The van der Waals surface area contributed by atoms with Crippen molar-refractivity contribution in [3.05, 3.63) is 58.9 Å². The molecule has 2 rings (SSSR count). The van der Waals surface area contributed by atoms with Crippen LogP contribution >= 0.6 is 11.6 Å². The summed E-state index contributed by atoms with van der Waals surface area (Å²) in [7, 11) is 1.41. The third-order valence-electron chi connectivity index (χ3n) is 3.13. The van der Waals surface area contributed by atoms with Crippen LogP contribution in [0.15, 0.2) is 42.5 Å². The maximum atomic E-state index is 13.1. The highest BCUT2D eigenvalue weighted by molar-refractivity contribution is 6.30. The van der Waals surface area contributed by atoms with Crippen molar-refractivity contribution >= 4 is 23.3 Å². The number of rotatable bonds is 4. The molecule has 6 heteroatoms. The Morgan fingerprint density at radius 1 is 1.23 bits per heavy atom. The van der Waals surface area contributed by atoms with Gasteiger partial charge in [0.15, 0.2) is 0 Å². The van der Waals surface area contributed by atoms with Crippen molar-refractivity contribution in [2.45, 2.75) is 13.0 Å². The predicted molar refractivity (Wildman–Crippen MR) is 85.0 cm³/mol. The highest BCUT2D eigenvalue weighted by atomic mass is 35.5. The van der Waals surface area contributed by atoms with E-state index in [-0.39, 0.29) is 11.8 Å². The van der Waals surface area contributed by atoms with Gasteiger partial charge in [-0.25, -0.2) is 9.18 Å². The summed E-state index contributed by atoms with van der Waals surface area (Å²) in [6, 6.07) is 10.5. The van der Waals surface area contributed by atoms with Gasteiger partial charge in [-0.3, -0.25) is 0 Å². The number of anilines is 1. The molecular formula is C16H16ClFN2O2. The molecule has 0 bridgehead atoms. The zero-order chi connectivity index (χ0) is 16.1. The van der Waals surface area contributed by atoms with Gasteiger partial charge in [-0.1, -0.05) is 23.7 Å². The molecule has 0 aliphatic heterocycles. The average Bonchev–Trinajstić information content (AvgIpc) is 2.49. The predicted octanol–water partition coefficient (Wildman–Crippen LogP) is 4.37. The molecule has 0 spiro atoms. The molecule has 2 amide bonds. The van der Waals surface area contributed by atoms with Crippen LogP contribution in [0.2, 0.25) is 5.02 Å². The van der Waals surface area contributed by atoms with Gasteiger partial charge in [0.05, 0.1) is 18.8 Å². The molecule has 22 heavy (non-hydrogen) atoms. The minimum absolute atomic E-state index is 0.205. The van der Waals surface area contributed by atoms with Crippen molar-refractivity contribution in [2.75, 3.05) is 12.4 Å². The van der Waals surface area contributed by atoms with Crippen LogP contribution in [0, 0.1) is 5.82 Å². The third-order valence-corrected chi connectivity index (χ3v) is 3.38. The number of benzene rings is 2. The molecule has 1 unspecified atom stereocenters. The van der Waals surface area contributed by atoms with E-state index in [4.69, 9.17) is 16.3 Å². The zero-order valence-corrected chi connectivity index (χ0v) is 12.9. The minimum atomic E-state index is -0.433. The van der Waals surface area contributed by atoms with Crippen molar-refractivity contribution in [1.82, 2.24) is 5.32 Å². The standard InChI is InChI=1S/C16H16ClFN2O2/c1-10(11-3-5-12(17)6-4-11)19-16(21)20-14-8-7-13(18)9-15(14)22-2/h3-10H,1-2H3,(H2,19,20,21). The quantitative estimate of drug-likeness (QED) is 0.878. The van der Waals surface area contributed by atoms with Gasteiger partial charge in [-0.2, -0.15) is 0 Å². The summed E-state index contributed by atoms with van der Waals surface area (Å²) in [6.45, 7) is 1.85. The lowest BCUT2D eigenvalue weighted by molar-refractivity contribution is 0.249. The summed E-state index contributed by atoms with van der Waals surface area (Å²) < 4.78 is 18.1. The second-order valence-corrected chi connectivity index (χ2v) is 5.15. The molecule has 4 nitrogen and oxygen atoms in total. The Balaban J connectivity index is 2.02. The lowest BCUT2D eigenvalue weighted by Crippen LogP contribution is -2.31. The first kappa shape index (κ1) is 16.1. The first-order valence-electron chi connectivity index (χ1n) is 6.66. The fourth-order valence-electron chi connectivity index (χ4n) is 1.96. The van der Waals surface area contributed by atoms with Crippen LogP contribution in [0.5, 0.6) is 5.75 Å². The summed E-state index contributed by atoms with van der Waals surface area (Å²) in [5.41, 5.74) is 1.32. The molecule has 0 saturated heterocycles. The number of nitrogens with one attached hydrogen (secondary N) is 2. The maximum Gasteiger partial charge on any atom is 0.319 e. The SMILES string of the molecule is COc1cc(F)ccc1NC(=O)NC(C)c1ccc(Cl)cc1. The second kappa shape index (κ2) is 7.13. The molecule has 0 aliphatic carbocycles. The van der Waals surface area contributed by atoms with Crippen LogP contribution in [-0.2, 0) is 0 Å². The fourth-order valence-corrected chi connectivity index (χ4v) is 2.08. The van der Waals surface area contributed by atoms with Crippen molar-refractivity contribution in [2.24, 2.45) is 0 Å². The van der Waals surface area contributed by atoms with Crippen molar-refractivity contribution in [3.8, 4) is 5.75 Å². The van der Waals surface area contributed by atoms with E-state index in [9.17, 15) is 9.18 Å².